The number of pyridine rings is 1. The van der Waals surface area contributed by atoms with Crippen molar-refractivity contribution in [3.05, 3.63) is 40.8 Å². The van der Waals surface area contributed by atoms with Crippen LogP contribution in [-0.4, -0.2) is 23.3 Å². The lowest BCUT2D eigenvalue weighted by Crippen LogP contribution is -2.23. The van der Waals surface area contributed by atoms with E-state index in [1.807, 2.05) is 0 Å². The first-order valence-corrected chi connectivity index (χ1v) is 6.82. The van der Waals surface area contributed by atoms with E-state index in [0.717, 1.165) is 5.39 Å². The molecular weight excluding hydrogens is 270 g/mol. The summed E-state index contributed by atoms with van der Waals surface area (Å²) >= 11 is 0. The first kappa shape index (κ1) is 13.4. The quantitative estimate of drug-likeness (QED) is 0.785. The van der Waals surface area contributed by atoms with Crippen LogP contribution < -0.4 is 16.2 Å². The van der Waals surface area contributed by atoms with Crippen LogP contribution in [0.15, 0.2) is 35.3 Å². The van der Waals surface area contributed by atoms with Gasteiger partial charge < -0.3 is 15.6 Å². The average molecular weight is 285 g/mol. The molecule has 0 bridgehead atoms. The van der Waals surface area contributed by atoms with Gasteiger partial charge in [0, 0.05) is 36.2 Å². The number of carbonyl (C=O) groups excluding carboxylic acids is 2. The van der Waals surface area contributed by atoms with Gasteiger partial charge in [-0.3, -0.25) is 14.4 Å². The van der Waals surface area contributed by atoms with Gasteiger partial charge in [0.05, 0.1) is 0 Å². The van der Waals surface area contributed by atoms with Gasteiger partial charge in [-0.25, -0.2) is 0 Å². The van der Waals surface area contributed by atoms with Crippen LogP contribution in [0.4, 0.5) is 5.69 Å². The molecule has 1 saturated heterocycles. The summed E-state index contributed by atoms with van der Waals surface area (Å²) < 4.78 is 0. The molecule has 0 spiro atoms. The second kappa shape index (κ2) is 5.40. The van der Waals surface area contributed by atoms with E-state index in [1.54, 1.807) is 30.5 Å². The van der Waals surface area contributed by atoms with E-state index in [9.17, 15) is 14.4 Å². The lowest BCUT2D eigenvalue weighted by molar-refractivity contribution is -0.126. The van der Waals surface area contributed by atoms with Gasteiger partial charge in [-0.05, 0) is 36.1 Å². The Labute approximate surface area is 120 Å². The molecule has 21 heavy (non-hydrogen) atoms. The van der Waals surface area contributed by atoms with Crippen LogP contribution in [0.3, 0.4) is 0 Å². The predicted molar refractivity (Wildman–Crippen MR) is 78.9 cm³/mol. The van der Waals surface area contributed by atoms with Crippen molar-refractivity contribution in [2.75, 3.05) is 11.9 Å². The minimum atomic E-state index is -0.242. The van der Waals surface area contributed by atoms with E-state index in [-0.39, 0.29) is 29.7 Å². The number of carbonyl (C=O) groups is 2. The minimum absolute atomic E-state index is 0.0600. The summed E-state index contributed by atoms with van der Waals surface area (Å²) in [6.45, 7) is 0.634. The van der Waals surface area contributed by atoms with Gasteiger partial charge in [0.2, 0.25) is 11.8 Å². The zero-order valence-corrected chi connectivity index (χ0v) is 11.3. The highest BCUT2D eigenvalue weighted by Crippen LogP contribution is 2.18. The predicted octanol–water partition coefficient (Wildman–Crippen LogP) is 0.993. The van der Waals surface area contributed by atoms with Gasteiger partial charge in [-0.1, -0.05) is 0 Å². The Morgan fingerprint density at radius 2 is 2.14 bits per heavy atom. The zero-order chi connectivity index (χ0) is 14.8. The summed E-state index contributed by atoms with van der Waals surface area (Å²) in [6.07, 6.45) is 2.44. The highest BCUT2D eigenvalue weighted by atomic mass is 16.2. The highest BCUT2D eigenvalue weighted by Gasteiger charge is 2.26. The van der Waals surface area contributed by atoms with Crippen LogP contribution in [0.2, 0.25) is 0 Å². The van der Waals surface area contributed by atoms with Crippen LogP contribution in [0.25, 0.3) is 10.8 Å². The molecule has 2 aromatic rings. The molecule has 0 aliphatic carbocycles. The van der Waals surface area contributed by atoms with Gasteiger partial charge in [0.1, 0.15) is 0 Å². The van der Waals surface area contributed by atoms with Crippen molar-refractivity contribution in [2.24, 2.45) is 5.92 Å². The monoisotopic (exact) mass is 285 g/mol. The van der Waals surface area contributed by atoms with E-state index >= 15 is 0 Å². The van der Waals surface area contributed by atoms with Crippen molar-refractivity contribution in [3.63, 3.8) is 0 Å². The Morgan fingerprint density at radius 3 is 2.90 bits per heavy atom. The SMILES string of the molecule is O=C(CC1CCNC1=O)Nc1ccc2c(=O)[nH]ccc2c1. The summed E-state index contributed by atoms with van der Waals surface area (Å²) in [6, 6.07) is 6.88. The Balaban J connectivity index is 1.74. The zero-order valence-electron chi connectivity index (χ0n) is 11.3. The van der Waals surface area contributed by atoms with Crippen LogP contribution in [0, 0.1) is 5.92 Å². The molecule has 1 aliphatic rings. The van der Waals surface area contributed by atoms with E-state index < -0.39 is 0 Å². The van der Waals surface area contributed by atoms with E-state index in [1.165, 1.54) is 0 Å². The van der Waals surface area contributed by atoms with E-state index in [0.29, 0.717) is 24.0 Å². The summed E-state index contributed by atoms with van der Waals surface area (Å²) in [5.74, 6) is -0.496. The van der Waals surface area contributed by atoms with Gasteiger partial charge >= 0.3 is 0 Å². The van der Waals surface area contributed by atoms with E-state index in [4.69, 9.17) is 0 Å². The second-order valence-electron chi connectivity index (χ2n) is 5.14. The van der Waals surface area contributed by atoms with Crippen molar-refractivity contribution in [1.29, 1.82) is 0 Å². The summed E-state index contributed by atoms with van der Waals surface area (Å²) in [7, 11) is 0. The number of amides is 2. The molecule has 0 saturated carbocycles. The normalized spacial score (nSPS) is 17.7. The van der Waals surface area contributed by atoms with Crippen LogP contribution in [0.5, 0.6) is 0 Å². The molecule has 0 radical (unpaired) electrons. The molecule has 2 amide bonds. The van der Waals surface area contributed by atoms with Crippen LogP contribution in [0.1, 0.15) is 12.8 Å². The fourth-order valence-corrected chi connectivity index (χ4v) is 2.55. The Kier molecular flexibility index (Phi) is 3.43. The average Bonchev–Trinajstić information content (AvgIpc) is 2.84. The maximum Gasteiger partial charge on any atom is 0.255 e. The molecule has 3 N–H and O–H groups in total. The number of anilines is 1. The number of hydrogen-bond donors (Lipinski definition) is 3. The molecule has 1 unspecified atom stereocenters. The molecule has 108 valence electrons. The number of benzene rings is 1. The summed E-state index contributed by atoms with van der Waals surface area (Å²) in [5, 5.41) is 6.82. The van der Waals surface area contributed by atoms with Crippen LogP contribution >= 0.6 is 0 Å². The first-order valence-electron chi connectivity index (χ1n) is 6.82. The Morgan fingerprint density at radius 1 is 1.29 bits per heavy atom. The van der Waals surface area contributed by atoms with Crippen LogP contribution in [-0.2, 0) is 9.59 Å². The number of aromatic amines is 1. The standard InChI is InChI=1S/C15H15N3O3/c19-13(8-10-4-6-16-14(10)20)18-11-1-2-12-9(7-11)3-5-17-15(12)21/h1-3,5,7,10H,4,6,8H2,(H,16,20)(H,17,21)(H,18,19). The van der Waals surface area contributed by atoms with E-state index in [2.05, 4.69) is 15.6 Å². The Bertz CT molecular complexity index is 766. The lowest BCUT2D eigenvalue weighted by atomic mass is 10.0. The molecule has 1 aromatic heterocycles. The largest absolute Gasteiger partial charge is 0.356 e. The third-order valence-corrected chi connectivity index (χ3v) is 3.65. The molecule has 6 nitrogen and oxygen atoms in total. The molecule has 1 aromatic carbocycles. The fraction of sp³-hybridized carbons (Fsp3) is 0.267. The second-order valence-corrected chi connectivity index (χ2v) is 5.14. The molecule has 1 atom stereocenters. The molecule has 1 aliphatic heterocycles. The first-order chi connectivity index (χ1) is 10.1. The van der Waals surface area contributed by atoms with Gasteiger partial charge in [0.25, 0.3) is 5.56 Å². The number of aromatic nitrogens is 1. The number of H-pyrrole nitrogens is 1. The molecule has 2 heterocycles. The molecular formula is C15H15N3O3. The smallest absolute Gasteiger partial charge is 0.255 e. The number of hydrogen-bond acceptors (Lipinski definition) is 3. The van der Waals surface area contributed by atoms with Crippen molar-refractivity contribution in [1.82, 2.24) is 10.3 Å². The maximum absolute atomic E-state index is 12.0. The maximum atomic E-state index is 12.0. The number of rotatable bonds is 3. The van der Waals surface area contributed by atoms with Crippen molar-refractivity contribution in [2.45, 2.75) is 12.8 Å². The number of fused-ring (bicyclic) bond motifs is 1. The topological polar surface area (TPSA) is 91.1 Å². The van der Waals surface area contributed by atoms with Crippen molar-refractivity contribution in [3.8, 4) is 0 Å². The highest BCUT2D eigenvalue weighted by molar-refractivity contribution is 5.96. The van der Waals surface area contributed by atoms with Crippen molar-refractivity contribution >= 4 is 28.3 Å². The fourth-order valence-electron chi connectivity index (χ4n) is 2.55. The molecule has 1 fully saturated rings. The third kappa shape index (κ3) is 2.79. The summed E-state index contributed by atoms with van der Waals surface area (Å²) in [5.41, 5.74) is 0.463. The molecule has 3 rings (SSSR count). The van der Waals surface area contributed by atoms with Crippen molar-refractivity contribution < 1.29 is 9.59 Å². The summed E-state index contributed by atoms with van der Waals surface area (Å²) in [4.78, 5) is 37.6. The van der Waals surface area contributed by atoms with Gasteiger partial charge in [-0.15, -0.1) is 0 Å². The Hall–Kier alpha value is -2.63. The lowest BCUT2D eigenvalue weighted by Gasteiger charge is -2.09. The van der Waals surface area contributed by atoms with Gasteiger partial charge in [-0.2, -0.15) is 0 Å². The third-order valence-electron chi connectivity index (χ3n) is 3.65. The molecule has 6 heteroatoms. The van der Waals surface area contributed by atoms with Gasteiger partial charge in [0.15, 0.2) is 0 Å². The minimum Gasteiger partial charge on any atom is -0.356 e. The number of nitrogens with one attached hydrogen (secondary N) is 3.